The Labute approximate surface area is 137 Å². The standard InChI is InChI=1S/C16H13ClN4S/c17-15-9-5-4-8-14(15)10-19-21-12-18-20-16(21)22-11-13-6-2-1-3-7-13/h1-10,12H,11H2. The molecule has 0 aliphatic heterocycles. The molecule has 6 heteroatoms. The molecular weight excluding hydrogens is 316 g/mol. The van der Waals surface area contributed by atoms with Crippen molar-refractivity contribution in [2.24, 2.45) is 5.10 Å². The second-order valence-corrected chi connectivity index (χ2v) is 5.85. The fourth-order valence-electron chi connectivity index (χ4n) is 1.82. The van der Waals surface area contributed by atoms with Gasteiger partial charge in [0.15, 0.2) is 0 Å². The van der Waals surface area contributed by atoms with Gasteiger partial charge in [-0.1, -0.05) is 71.9 Å². The number of halogens is 1. The van der Waals surface area contributed by atoms with Crippen LogP contribution in [-0.4, -0.2) is 21.1 Å². The molecule has 0 aliphatic rings. The average molecular weight is 329 g/mol. The maximum absolute atomic E-state index is 6.11. The summed E-state index contributed by atoms with van der Waals surface area (Å²) >= 11 is 7.70. The average Bonchev–Trinajstić information content (AvgIpc) is 3.01. The van der Waals surface area contributed by atoms with Crippen molar-refractivity contribution in [2.75, 3.05) is 0 Å². The fourth-order valence-corrected chi connectivity index (χ4v) is 2.82. The molecule has 3 rings (SSSR count). The van der Waals surface area contributed by atoms with E-state index in [1.165, 1.54) is 5.56 Å². The molecule has 4 nitrogen and oxygen atoms in total. The number of hydrogen-bond donors (Lipinski definition) is 0. The van der Waals surface area contributed by atoms with Gasteiger partial charge in [-0.05, 0) is 11.6 Å². The predicted molar refractivity (Wildman–Crippen MR) is 90.5 cm³/mol. The van der Waals surface area contributed by atoms with Crippen molar-refractivity contribution in [2.45, 2.75) is 10.9 Å². The number of rotatable bonds is 5. The van der Waals surface area contributed by atoms with Crippen molar-refractivity contribution in [1.29, 1.82) is 0 Å². The Hall–Kier alpha value is -2.11. The van der Waals surface area contributed by atoms with Crippen molar-refractivity contribution >= 4 is 29.6 Å². The lowest BCUT2D eigenvalue weighted by atomic mass is 10.2. The van der Waals surface area contributed by atoms with E-state index in [2.05, 4.69) is 27.4 Å². The maximum Gasteiger partial charge on any atom is 0.212 e. The summed E-state index contributed by atoms with van der Waals surface area (Å²) < 4.78 is 1.65. The molecule has 0 N–H and O–H groups in total. The van der Waals surface area contributed by atoms with Gasteiger partial charge in [0.1, 0.15) is 6.33 Å². The third kappa shape index (κ3) is 3.75. The summed E-state index contributed by atoms with van der Waals surface area (Å²) in [5, 5.41) is 13.8. The molecule has 0 bridgehead atoms. The van der Waals surface area contributed by atoms with E-state index in [-0.39, 0.29) is 0 Å². The van der Waals surface area contributed by atoms with E-state index in [1.54, 1.807) is 29.0 Å². The molecule has 2 aromatic carbocycles. The van der Waals surface area contributed by atoms with Crippen molar-refractivity contribution in [3.63, 3.8) is 0 Å². The Balaban J connectivity index is 1.71. The van der Waals surface area contributed by atoms with E-state index < -0.39 is 0 Å². The first-order valence-corrected chi connectivity index (χ1v) is 8.05. The molecule has 1 heterocycles. The van der Waals surface area contributed by atoms with Gasteiger partial charge in [0.2, 0.25) is 5.16 Å². The minimum Gasteiger partial charge on any atom is -0.195 e. The first-order chi connectivity index (χ1) is 10.8. The lowest BCUT2D eigenvalue weighted by Crippen LogP contribution is -1.93. The molecule has 3 aromatic rings. The summed E-state index contributed by atoms with van der Waals surface area (Å²) in [6, 6.07) is 17.8. The van der Waals surface area contributed by atoms with E-state index in [0.29, 0.717) is 5.02 Å². The van der Waals surface area contributed by atoms with E-state index in [1.807, 2.05) is 42.5 Å². The highest BCUT2D eigenvalue weighted by Gasteiger charge is 2.04. The Bertz CT molecular complexity index is 771. The van der Waals surface area contributed by atoms with Crippen LogP contribution in [0.1, 0.15) is 11.1 Å². The van der Waals surface area contributed by atoms with Crippen molar-refractivity contribution in [1.82, 2.24) is 14.9 Å². The van der Waals surface area contributed by atoms with Gasteiger partial charge in [-0.15, -0.1) is 10.2 Å². The summed E-state index contributed by atoms with van der Waals surface area (Å²) in [4.78, 5) is 0. The Kier molecular flexibility index (Phi) is 4.88. The first-order valence-electron chi connectivity index (χ1n) is 6.68. The zero-order valence-electron chi connectivity index (χ0n) is 11.6. The van der Waals surface area contributed by atoms with Crippen LogP contribution in [0.15, 0.2) is 71.2 Å². The summed E-state index contributed by atoms with van der Waals surface area (Å²) in [6.45, 7) is 0. The van der Waals surface area contributed by atoms with Crippen LogP contribution in [0.25, 0.3) is 0 Å². The van der Waals surface area contributed by atoms with Gasteiger partial charge in [-0.25, -0.2) is 0 Å². The summed E-state index contributed by atoms with van der Waals surface area (Å²) in [6.07, 6.45) is 3.29. The number of aromatic nitrogens is 3. The minimum absolute atomic E-state index is 0.665. The molecule has 0 fully saturated rings. The number of hydrogen-bond acceptors (Lipinski definition) is 4. The SMILES string of the molecule is Clc1ccccc1C=Nn1cnnc1SCc1ccccc1. The zero-order valence-corrected chi connectivity index (χ0v) is 13.2. The summed E-state index contributed by atoms with van der Waals surface area (Å²) in [7, 11) is 0. The predicted octanol–water partition coefficient (Wildman–Crippen LogP) is 4.11. The maximum atomic E-state index is 6.11. The molecule has 0 saturated heterocycles. The van der Waals surface area contributed by atoms with Gasteiger partial charge in [0.25, 0.3) is 0 Å². The van der Waals surface area contributed by atoms with Crippen LogP contribution in [0.5, 0.6) is 0 Å². The van der Waals surface area contributed by atoms with Crippen LogP contribution in [0.3, 0.4) is 0 Å². The summed E-state index contributed by atoms with van der Waals surface area (Å²) in [5.41, 5.74) is 2.09. The molecule has 0 unspecified atom stereocenters. The van der Waals surface area contributed by atoms with Crippen molar-refractivity contribution in [3.8, 4) is 0 Å². The van der Waals surface area contributed by atoms with Gasteiger partial charge in [-0.3, -0.25) is 0 Å². The van der Waals surface area contributed by atoms with Crippen molar-refractivity contribution in [3.05, 3.63) is 77.1 Å². The molecule has 110 valence electrons. The second kappa shape index (κ2) is 7.24. The Morgan fingerprint density at radius 1 is 1.09 bits per heavy atom. The lowest BCUT2D eigenvalue weighted by molar-refractivity contribution is 0.767. The largest absolute Gasteiger partial charge is 0.212 e. The van der Waals surface area contributed by atoms with Gasteiger partial charge < -0.3 is 0 Å². The normalized spacial score (nSPS) is 11.1. The topological polar surface area (TPSA) is 43.1 Å². The molecular formula is C16H13ClN4S. The fraction of sp³-hybridized carbons (Fsp3) is 0.0625. The first kappa shape index (κ1) is 14.8. The number of benzene rings is 2. The Morgan fingerprint density at radius 2 is 1.86 bits per heavy atom. The molecule has 0 amide bonds. The van der Waals surface area contributed by atoms with Gasteiger partial charge in [0, 0.05) is 16.3 Å². The smallest absolute Gasteiger partial charge is 0.195 e. The van der Waals surface area contributed by atoms with Gasteiger partial charge in [0.05, 0.1) is 6.21 Å². The minimum atomic E-state index is 0.665. The molecule has 0 aliphatic carbocycles. The van der Waals surface area contributed by atoms with Crippen LogP contribution in [-0.2, 0) is 5.75 Å². The summed E-state index contributed by atoms with van der Waals surface area (Å²) in [5.74, 6) is 0.821. The molecule has 0 saturated carbocycles. The number of thioether (sulfide) groups is 1. The molecule has 1 aromatic heterocycles. The van der Waals surface area contributed by atoms with Gasteiger partial charge in [-0.2, -0.15) is 9.78 Å². The second-order valence-electron chi connectivity index (χ2n) is 4.50. The third-order valence-corrected chi connectivity index (χ3v) is 4.29. The highest BCUT2D eigenvalue weighted by molar-refractivity contribution is 7.98. The molecule has 22 heavy (non-hydrogen) atoms. The quantitative estimate of drug-likeness (QED) is 0.523. The van der Waals surface area contributed by atoms with Crippen LogP contribution in [0, 0.1) is 0 Å². The zero-order chi connectivity index (χ0) is 15.2. The van der Waals surface area contributed by atoms with Crippen LogP contribution >= 0.6 is 23.4 Å². The lowest BCUT2D eigenvalue weighted by Gasteiger charge is -2.01. The molecule has 0 atom stereocenters. The third-order valence-electron chi connectivity index (χ3n) is 2.94. The van der Waals surface area contributed by atoms with E-state index in [0.717, 1.165) is 16.5 Å². The van der Waals surface area contributed by atoms with E-state index in [9.17, 15) is 0 Å². The highest BCUT2D eigenvalue weighted by Crippen LogP contribution is 2.20. The highest BCUT2D eigenvalue weighted by atomic mass is 35.5. The molecule has 0 spiro atoms. The molecule has 0 radical (unpaired) electrons. The van der Waals surface area contributed by atoms with Gasteiger partial charge >= 0.3 is 0 Å². The Morgan fingerprint density at radius 3 is 2.68 bits per heavy atom. The monoisotopic (exact) mass is 328 g/mol. The van der Waals surface area contributed by atoms with E-state index >= 15 is 0 Å². The van der Waals surface area contributed by atoms with E-state index in [4.69, 9.17) is 11.6 Å². The van der Waals surface area contributed by atoms with Crippen LogP contribution < -0.4 is 0 Å². The van der Waals surface area contributed by atoms with Crippen LogP contribution in [0.2, 0.25) is 5.02 Å². The number of nitrogens with zero attached hydrogens (tertiary/aromatic N) is 4. The van der Waals surface area contributed by atoms with Crippen molar-refractivity contribution < 1.29 is 0 Å². The van der Waals surface area contributed by atoms with Crippen LogP contribution in [0.4, 0.5) is 0 Å².